The first-order valence-electron chi connectivity index (χ1n) is 4.99. The maximum atomic E-state index is 12.1. The zero-order valence-corrected chi connectivity index (χ0v) is 11.1. The molecule has 0 unspecified atom stereocenters. The number of halogens is 4. The highest BCUT2D eigenvalue weighted by atomic mass is 127. The molecular weight excluding hydrogens is 360 g/mol. The number of anilines is 1. The highest BCUT2D eigenvalue weighted by Gasteiger charge is 2.26. The summed E-state index contributed by atoms with van der Waals surface area (Å²) >= 11 is 2.02. The molecule has 0 aliphatic heterocycles. The molecule has 1 aromatic heterocycles. The van der Waals surface area contributed by atoms with Crippen molar-refractivity contribution in [2.45, 2.75) is 6.18 Å². The molecule has 1 aromatic carbocycles. The van der Waals surface area contributed by atoms with Gasteiger partial charge in [0.2, 0.25) is 0 Å². The van der Waals surface area contributed by atoms with Crippen LogP contribution in [0.4, 0.5) is 19.0 Å². The minimum atomic E-state index is -4.32. The number of rotatable bonds is 2. The quantitative estimate of drug-likeness (QED) is 0.801. The summed E-state index contributed by atoms with van der Waals surface area (Å²) in [5.41, 5.74) is 0.224. The Labute approximate surface area is 114 Å². The smallest absolute Gasteiger partial charge is 0.363 e. The Bertz CT molecular complexity index is 636. The van der Waals surface area contributed by atoms with E-state index in [9.17, 15) is 18.0 Å². The lowest BCUT2D eigenvalue weighted by Gasteiger charge is -2.10. The average Bonchev–Trinajstić information content (AvgIpc) is 2.27. The molecule has 0 saturated heterocycles. The Morgan fingerprint density at radius 2 is 2.06 bits per heavy atom. The molecule has 0 bridgehead atoms. The maximum Gasteiger partial charge on any atom is 0.405 e. The van der Waals surface area contributed by atoms with E-state index in [1.165, 1.54) is 0 Å². The van der Waals surface area contributed by atoms with E-state index in [-0.39, 0.29) is 11.2 Å². The fraction of sp³-hybridized carbons (Fsp3) is 0.182. The molecule has 2 N–H and O–H groups in total. The molecule has 18 heavy (non-hydrogen) atoms. The summed E-state index contributed by atoms with van der Waals surface area (Å²) in [6, 6.07) is 6.25. The number of fused-ring (bicyclic) bond motifs is 1. The first kappa shape index (κ1) is 13.2. The zero-order valence-electron chi connectivity index (χ0n) is 8.94. The van der Waals surface area contributed by atoms with E-state index in [2.05, 4.69) is 10.3 Å². The van der Waals surface area contributed by atoms with E-state index in [4.69, 9.17) is 0 Å². The minimum Gasteiger partial charge on any atom is -0.363 e. The lowest BCUT2D eigenvalue weighted by Crippen LogP contribution is -2.22. The number of pyridine rings is 1. The minimum absolute atomic E-state index is 0.0638. The topological polar surface area (TPSA) is 44.9 Å². The van der Waals surface area contributed by atoms with E-state index in [0.717, 1.165) is 9.64 Å². The number of H-pyrrole nitrogens is 1. The summed E-state index contributed by atoms with van der Waals surface area (Å²) in [5.74, 6) is 0.0638. The zero-order chi connectivity index (χ0) is 13.3. The number of hydrogen-bond acceptors (Lipinski definition) is 2. The molecule has 1 heterocycles. The first-order chi connectivity index (χ1) is 8.37. The van der Waals surface area contributed by atoms with Gasteiger partial charge in [-0.1, -0.05) is 6.07 Å². The number of aromatic amines is 1. The Hall–Kier alpha value is -1.25. The van der Waals surface area contributed by atoms with Crippen molar-refractivity contribution >= 4 is 39.3 Å². The van der Waals surface area contributed by atoms with Gasteiger partial charge in [0.15, 0.2) is 5.43 Å². The van der Waals surface area contributed by atoms with Crippen LogP contribution in [0, 0.1) is 3.57 Å². The first-order valence-corrected chi connectivity index (χ1v) is 6.07. The highest BCUT2D eigenvalue weighted by molar-refractivity contribution is 14.1. The van der Waals surface area contributed by atoms with Gasteiger partial charge < -0.3 is 10.3 Å². The molecule has 0 atom stereocenters. The number of hydrogen-bond donors (Lipinski definition) is 2. The second-order valence-corrected chi connectivity index (χ2v) is 4.84. The monoisotopic (exact) mass is 368 g/mol. The number of benzene rings is 1. The van der Waals surface area contributed by atoms with Crippen LogP contribution in [0.25, 0.3) is 10.9 Å². The summed E-state index contributed by atoms with van der Waals surface area (Å²) in [7, 11) is 0. The molecule has 7 heteroatoms. The van der Waals surface area contributed by atoms with Crippen LogP contribution in [0.5, 0.6) is 0 Å². The third-order valence-corrected chi connectivity index (χ3v) is 3.19. The molecular formula is C11H8F3IN2O. The van der Waals surface area contributed by atoms with E-state index in [1.54, 1.807) is 18.2 Å². The fourth-order valence-corrected chi connectivity index (χ4v) is 2.16. The molecule has 0 aliphatic rings. The van der Waals surface area contributed by atoms with Crippen LogP contribution in [-0.4, -0.2) is 17.7 Å². The number of aromatic nitrogens is 1. The lowest BCUT2D eigenvalue weighted by molar-refractivity contribution is -0.115. The molecule has 2 aromatic rings. The van der Waals surface area contributed by atoms with E-state index in [0.29, 0.717) is 10.9 Å². The van der Waals surface area contributed by atoms with Gasteiger partial charge in [-0.2, -0.15) is 13.2 Å². The van der Waals surface area contributed by atoms with Crippen molar-refractivity contribution in [2.75, 3.05) is 11.9 Å². The van der Waals surface area contributed by atoms with Gasteiger partial charge in [0.1, 0.15) is 12.4 Å². The van der Waals surface area contributed by atoms with Crippen LogP contribution in [0.1, 0.15) is 0 Å². The van der Waals surface area contributed by atoms with Crippen molar-refractivity contribution in [2.24, 2.45) is 0 Å². The summed E-state index contributed by atoms with van der Waals surface area (Å²) in [4.78, 5) is 14.5. The third kappa shape index (κ3) is 2.95. The van der Waals surface area contributed by atoms with Gasteiger partial charge in [0, 0.05) is 15.0 Å². The number of alkyl halides is 3. The molecule has 0 fully saturated rings. The maximum absolute atomic E-state index is 12.1. The third-order valence-electron chi connectivity index (χ3n) is 2.29. The molecule has 0 radical (unpaired) electrons. The standard InChI is InChI=1S/C11H8F3IN2O/c12-11(13,14)5-16-9-4-8(18)6-2-1-3-7(15)10(6)17-9/h1-4H,5H2,(H2,16,17,18). The van der Waals surface area contributed by atoms with E-state index >= 15 is 0 Å². The number of para-hydroxylation sites is 1. The molecule has 3 nitrogen and oxygen atoms in total. The van der Waals surface area contributed by atoms with Crippen molar-refractivity contribution in [3.8, 4) is 0 Å². The fourth-order valence-electron chi connectivity index (χ4n) is 1.53. The Morgan fingerprint density at radius 1 is 1.33 bits per heavy atom. The Morgan fingerprint density at radius 3 is 2.72 bits per heavy atom. The van der Waals surface area contributed by atoms with Gasteiger partial charge in [0.05, 0.1) is 5.52 Å². The van der Waals surface area contributed by atoms with Crippen molar-refractivity contribution < 1.29 is 13.2 Å². The normalized spacial score (nSPS) is 11.8. The molecule has 96 valence electrons. The van der Waals surface area contributed by atoms with Crippen molar-refractivity contribution in [1.82, 2.24) is 4.98 Å². The molecule has 2 rings (SSSR count). The molecule has 0 aliphatic carbocycles. The summed E-state index contributed by atoms with van der Waals surface area (Å²) in [6.07, 6.45) is -4.32. The largest absolute Gasteiger partial charge is 0.405 e. The van der Waals surface area contributed by atoms with Gasteiger partial charge in [-0.15, -0.1) is 0 Å². The van der Waals surface area contributed by atoms with Crippen LogP contribution in [-0.2, 0) is 0 Å². The second-order valence-electron chi connectivity index (χ2n) is 3.68. The Kier molecular flexibility index (Phi) is 3.51. The SMILES string of the molecule is O=c1cc(NCC(F)(F)F)[nH]c2c(I)cccc12. The van der Waals surface area contributed by atoms with E-state index in [1.807, 2.05) is 22.6 Å². The predicted molar refractivity (Wildman–Crippen MR) is 71.8 cm³/mol. The Balaban J connectivity index is 2.43. The van der Waals surface area contributed by atoms with Crippen LogP contribution in [0.3, 0.4) is 0 Å². The highest BCUT2D eigenvalue weighted by Crippen LogP contribution is 2.19. The summed E-state index contributed by atoms with van der Waals surface area (Å²) < 4.78 is 37.0. The van der Waals surface area contributed by atoms with Crippen molar-refractivity contribution in [3.05, 3.63) is 38.1 Å². The van der Waals surface area contributed by atoms with Gasteiger partial charge in [-0.25, -0.2) is 0 Å². The summed E-state index contributed by atoms with van der Waals surface area (Å²) in [6.45, 7) is -1.18. The van der Waals surface area contributed by atoms with Crippen LogP contribution >= 0.6 is 22.6 Å². The van der Waals surface area contributed by atoms with Crippen LogP contribution in [0.15, 0.2) is 29.1 Å². The lowest BCUT2D eigenvalue weighted by atomic mass is 10.2. The van der Waals surface area contributed by atoms with Gasteiger partial charge in [-0.05, 0) is 34.7 Å². The van der Waals surface area contributed by atoms with Gasteiger partial charge in [-0.3, -0.25) is 4.79 Å². The van der Waals surface area contributed by atoms with Crippen molar-refractivity contribution in [1.29, 1.82) is 0 Å². The molecule has 0 saturated carbocycles. The molecule has 0 spiro atoms. The van der Waals surface area contributed by atoms with Crippen LogP contribution < -0.4 is 10.7 Å². The van der Waals surface area contributed by atoms with Crippen molar-refractivity contribution in [3.63, 3.8) is 0 Å². The second kappa shape index (κ2) is 4.79. The molecule has 0 amide bonds. The number of nitrogens with one attached hydrogen (secondary N) is 2. The summed E-state index contributed by atoms with van der Waals surface area (Å²) in [5, 5.41) is 2.62. The van der Waals surface area contributed by atoms with Gasteiger partial charge in [0.25, 0.3) is 0 Å². The predicted octanol–water partition coefficient (Wildman–Crippen LogP) is 3.11. The average molecular weight is 368 g/mol. The van der Waals surface area contributed by atoms with Crippen LogP contribution in [0.2, 0.25) is 0 Å². The van der Waals surface area contributed by atoms with E-state index < -0.39 is 12.7 Å². The van der Waals surface area contributed by atoms with Gasteiger partial charge >= 0.3 is 6.18 Å².